The van der Waals surface area contributed by atoms with Gasteiger partial charge in [-0.2, -0.15) is 5.26 Å². The lowest BCUT2D eigenvalue weighted by Gasteiger charge is -2.01. The molecule has 3 nitrogen and oxygen atoms in total. The fourth-order valence-corrected chi connectivity index (χ4v) is 1.41. The summed E-state index contributed by atoms with van der Waals surface area (Å²) in [6.07, 6.45) is 3.06. The van der Waals surface area contributed by atoms with Crippen molar-refractivity contribution in [1.82, 2.24) is 5.32 Å². The first kappa shape index (κ1) is 12.2. The number of carbonyl (C=O) groups excluding carboxylic acids is 1. The van der Waals surface area contributed by atoms with Crippen LogP contribution in [0.25, 0.3) is 6.08 Å². The lowest BCUT2D eigenvalue weighted by atomic mass is 10.1. The molecule has 5 heteroatoms. The number of nitriles is 1. The third-order valence-corrected chi connectivity index (χ3v) is 2.53. The zero-order valence-electron chi connectivity index (χ0n) is 9.41. The first-order valence-electron chi connectivity index (χ1n) is 5.48. The third-order valence-electron chi connectivity index (χ3n) is 2.53. The molecule has 1 N–H and O–H groups in total. The molecule has 1 fully saturated rings. The van der Waals surface area contributed by atoms with Crippen molar-refractivity contribution >= 4 is 12.0 Å². The summed E-state index contributed by atoms with van der Waals surface area (Å²) >= 11 is 0. The normalized spacial score (nSPS) is 15.1. The highest BCUT2D eigenvalue weighted by molar-refractivity contribution is 6.01. The van der Waals surface area contributed by atoms with E-state index < -0.39 is 17.5 Å². The fourth-order valence-electron chi connectivity index (χ4n) is 1.41. The van der Waals surface area contributed by atoms with Crippen molar-refractivity contribution in [1.29, 1.82) is 5.26 Å². The fraction of sp³-hybridized carbons (Fsp3) is 0.231. The Labute approximate surface area is 103 Å². The van der Waals surface area contributed by atoms with Crippen LogP contribution in [0.15, 0.2) is 23.8 Å². The largest absolute Gasteiger partial charge is 0.349 e. The Balaban J connectivity index is 2.19. The van der Waals surface area contributed by atoms with Crippen LogP contribution in [0.3, 0.4) is 0 Å². The average Bonchev–Trinajstić information content (AvgIpc) is 3.14. The van der Waals surface area contributed by atoms with Crippen molar-refractivity contribution in [3.8, 4) is 6.07 Å². The second-order valence-corrected chi connectivity index (χ2v) is 4.09. The molecule has 0 radical (unpaired) electrons. The van der Waals surface area contributed by atoms with Gasteiger partial charge in [0.2, 0.25) is 0 Å². The van der Waals surface area contributed by atoms with E-state index in [1.807, 2.05) is 0 Å². The van der Waals surface area contributed by atoms with Crippen LogP contribution in [0.1, 0.15) is 18.4 Å². The predicted octanol–water partition coefficient (Wildman–Crippen LogP) is 2.15. The van der Waals surface area contributed by atoms with Gasteiger partial charge in [0.1, 0.15) is 11.6 Å². The molecule has 1 amide bonds. The lowest BCUT2D eigenvalue weighted by Crippen LogP contribution is -2.26. The van der Waals surface area contributed by atoms with Crippen LogP contribution in [0.5, 0.6) is 0 Å². The molecule has 0 spiro atoms. The maximum absolute atomic E-state index is 13.0. The summed E-state index contributed by atoms with van der Waals surface area (Å²) in [5.74, 6) is -2.46. The van der Waals surface area contributed by atoms with Gasteiger partial charge in [-0.3, -0.25) is 4.79 Å². The number of rotatable bonds is 3. The number of amides is 1. The van der Waals surface area contributed by atoms with Crippen molar-refractivity contribution in [2.45, 2.75) is 18.9 Å². The zero-order chi connectivity index (χ0) is 13.1. The minimum absolute atomic E-state index is 0.118. The van der Waals surface area contributed by atoms with Crippen LogP contribution in [0.2, 0.25) is 0 Å². The molecule has 1 saturated carbocycles. The van der Waals surface area contributed by atoms with E-state index in [-0.39, 0.29) is 17.2 Å². The van der Waals surface area contributed by atoms with Crippen LogP contribution in [-0.4, -0.2) is 11.9 Å². The monoisotopic (exact) mass is 248 g/mol. The Morgan fingerprint density at radius 3 is 2.67 bits per heavy atom. The van der Waals surface area contributed by atoms with Crippen LogP contribution in [0, 0.1) is 23.0 Å². The van der Waals surface area contributed by atoms with Crippen molar-refractivity contribution in [3.63, 3.8) is 0 Å². The van der Waals surface area contributed by atoms with Gasteiger partial charge in [0.25, 0.3) is 5.91 Å². The van der Waals surface area contributed by atoms with Gasteiger partial charge in [-0.05, 0) is 36.6 Å². The third kappa shape index (κ3) is 2.92. The van der Waals surface area contributed by atoms with Gasteiger partial charge in [-0.15, -0.1) is 0 Å². The van der Waals surface area contributed by atoms with Crippen LogP contribution in [-0.2, 0) is 4.79 Å². The van der Waals surface area contributed by atoms with E-state index in [1.165, 1.54) is 12.1 Å². The van der Waals surface area contributed by atoms with Gasteiger partial charge < -0.3 is 5.32 Å². The van der Waals surface area contributed by atoms with Gasteiger partial charge in [-0.25, -0.2) is 8.78 Å². The summed E-state index contributed by atoms with van der Waals surface area (Å²) in [6.45, 7) is 0. The highest BCUT2D eigenvalue weighted by atomic mass is 19.2. The molecule has 0 atom stereocenters. The second-order valence-electron chi connectivity index (χ2n) is 4.09. The van der Waals surface area contributed by atoms with Crippen LogP contribution >= 0.6 is 0 Å². The van der Waals surface area contributed by atoms with E-state index in [2.05, 4.69) is 5.32 Å². The van der Waals surface area contributed by atoms with E-state index in [1.54, 1.807) is 6.07 Å². The molecule has 0 saturated heterocycles. The van der Waals surface area contributed by atoms with Crippen molar-refractivity contribution in [2.24, 2.45) is 0 Å². The topological polar surface area (TPSA) is 52.9 Å². The number of benzene rings is 1. The van der Waals surface area contributed by atoms with Crippen LogP contribution in [0.4, 0.5) is 8.78 Å². The molecule has 1 aliphatic rings. The van der Waals surface area contributed by atoms with Crippen molar-refractivity contribution in [2.75, 3.05) is 0 Å². The minimum Gasteiger partial charge on any atom is -0.349 e. The highest BCUT2D eigenvalue weighted by Crippen LogP contribution is 2.19. The Morgan fingerprint density at radius 1 is 1.39 bits per heavy atom. The molecule has 0 bridgehead atoms. The summed E-state index contributed by atoms with van der Waals surface area (Å²) in [4.78, 5) is 11.6. The summed E-state index contributed by atoms with van der Waals surface area (Å²) < 4.78 is 25.7. The van der Waals surface area contributed by atoms with Gasteiger partial charge in [0.05, 0.1) is 0 Å². The second kappa shape index (κ2) is 4.96. The zero-order valence-corrected chi connectivity index (χ0v) is 9.41. The van der Waals surface area contributed by atoms with E-state index in [9.17, 15) is 13.6 Å². The summed E-state index contributed by atoms with van der Waals surface area (Å²) in [5, 5.41) is 11.5. The van der Waals surface area contributed by atoms with E-state index in [0.717, 1.165) is 25.0 Å². The number of nitrogens with one attached hydrogen (secondary N) is 1. The molecular formula is C13H10F2N2O. The Kier molecular flexibility index (Phi) is 3.38. The van der Waals surface area contributed by atoms with Crippen molar-refractivity contribution in [3.05, 3.63) is 41.0 Å². The Morgan fingerprint density at radius 2 is 2.11 bits per heavy atom. The number of nitrogens with zero attached hydrogens (tertiary/aromatic N) is 1. The number of carbonyl (C=O) groups is 1. The smallest absolute Gasteiger partial charge is 0.262 e. The average molecular weight is 248 g/mol. The van der Waals surface area contributed by atoms with E-state index in [0.29, 0.717) is 0 Å². The van der Waals surface area contributed by atoms with Gasteiger partial charge >= 0.3 is 0 Å². The molecule has 18 heavy (non-hydrogen) atoms. The Hall–Kier alpha value is -2.22. The first-order chi connectivity index (χ1) is 8.60. The highest BCUT2D eigenvalue weighted by Gasteiger charge is 2.24. The summed E-state index contributed by atoms with van der Waals surface area (Å²) in [6, 6.07) is 5.09. The SMILES string of the molecule is N#C/C(=C\c1ccc(F)c(F)c1)C(=O)NC1CC1. The van der Waals surface area contributed by atoms with Crippen molar-refractivity contribution < 1.29 is 13.6 Å². The summed E-state index contributed by atoms with van der Waals surface area (Å²) in [5.41, 5.74) is 0.157. The number of halogens is 2. The Bertz CT molecular complexity index is 557. The molecule has 92 valence electrons. The first-order valence-corrected chi connectivity index (χ1v) is 5.48. The number of hydrogen-bond acceptors (Lipinski definition) is 2. The van der Waals surface area contributed by atoms with Gasteiger partial charge in [0.15, 0.2) is 11.6 Å². The molecule has 1 aromatic carbocycles. The van der Waals surface area contributed by atoms with E-state index in [4.69, 9.17) is 5.26 Å². The quantitative estimate of drug-likeness (QED) is 0.658. The molecule has 1 aromatic rings. The van der Waals surface area contributed by atoms with Crippen LogP contribution < -0.4 is 5.32 Å². The predicted molar refractivity (Wildman–Crippen MR) is 61.1 cm³/mol. The van der Waals surface area contributed by atoms with Gasteiger partial charge in [-0.1, -0.05) is 6.07 Å². The standard InChI is InChI=1S/C13H10F2N2O/c14-11-4-1-8(6-12(11)15)5-9(7-16)13(18)17-10-2-3-10/h1,4-6,10H,2-3H2,(H,17,18)/b9-5+. The molecule has 0 aliphatic heterocycles. The molecule has 1 aliphatic carbocycles. The molecule has 0 unspecified atom stereocenters. The molecule has 0 aromatic heterocycles. The molecule has 2 rings (SSSR count). The van der Waals surface area contributed by atoms with Gasteiger partial charge in [0, 0.05) is 6.04 Å². The maximum atomic E-state index is 13.0. The minimum atomic E-state index is -1.01. The molecule has 0 heterocycles. The maximum Gasteiger partial charge on any atom is 0.262 e. The summed E-state index contributed by atoms with van der Waals surface area (Å²) in [7, 11) is 0. The van der Waals surface area contributed by atoms with E-state index >= 15 is 0 Å². The lowest BCUT2D eigenvalue weighted by molar-refractivity contribution is -0.117. The molecular weight excluding hydrogens is 238 g/mol. The number of hydrogen-bond donors (Lipinski definition) is 1.